The smallest absolute Gasteiger partial charge is 0.146 e. The first-order valence-electron chi connectivity index (χ1n) is 7.68. The molecule has 0 amide bonds. The Morgan fingerprint density at radius 3 is 3.09 bits per heavy atom. The number of aryl methyl sites for hydroxylation is 1. The molecule has 23 heavy (non-hydrogen) atoms. The molecule has 0 aliphatic carbocycles. The topological polar surface area (TPSA) is 58.4 Å². The molecule has 0 N–H and O–H groups in total. The summed E-state index contributed by atoms with van der Waals surface area (Å²) in [6.45, 7) is 2.22. The number of hydrogen-bond donors (Lipinski definition) is 0. The van der Waals surface area contributed by atoms with E-state index in [9.17, 15) is 0 Å². The Morgan fingerprint density at radius 1 is 1.43 bits per heavy atom. The maximum Gasteiger partial charge on any atom is 0.146 e. The largest absolute Gasteiger partial charge is 0.485 e. The van der Waals surface area contributed by atoms with Crippen molar-refractivity contribution < 1.29 is 14.2 Å². The van der Waals surface area contributed by atoms with Gasteiger partial charge in [0.2, 0.25) is 0 Å². The summed E-state index contributed by atoms with van der Waals surface area (Å²) in [6, 6.07) is 1.78. The molecule has 4 heterocycles. The minimum Gasteiger partial charge on any atom is -0.485 e. The molecule has 2 aromatic rings. The van der Waals surface area contributed by atoms with Crippen LogP contribution in [0.4, 0.5) is 0 Å². The molecule has 0 aromatic carbocycles. The number of aromatic nitrogens is 3. The third-order valence-electron chi connectivity index (χ3n) is 4.48. The highest BCUT2D eigenvalue weighted by molar-refractivity contribution is 6.29. The summed E-state index contributed by atoms with van der Waals surface area (Å²) in [6.07, 6.45) is 5.21. The average molecular weight is 336 g/mol. The minimum atomic E-state index is -0.472. The second-order valence-electron chi connectivity index (χ2n) is 5.91. The molecule has 1 spiro atoms. The van der Waals surface area contributed by atoms with Crippen molar-refractivity contribution in [2.75, 3.05) is 19.8 Å². The molecule has 1 saturated heterocycles. The third kappa shape index (κ3) is 2.60. The van der Waals surface area contributed by atoms with Gasteiger partial charge in [-0.15, -0.1) is 0 Å². The Morgan fingerprint density at radius 2 is 2.35 bits per heavy atom. The Kier molecular flexibility index (Phi) is 3.75. The summed E-state index contributed by atoms with van der Waals surface area (Å²) in [5.41, 5.74) is 1.46. The van der Waals surface area contributed by atoms with Crippen molar-refractivity contribution in [1.82, 2.24) is 14.5 Å². The maximum atomic E-state index is 6.23. The lowest BCUT2D eigenvalue weighted by molar-refractivity contribution is -0.0670. The zero-order valence-electron chi connectivity index (χ0n) is 12.9. The predicted octanol–water partition coefficient (Wildman–Crippen LogP) is 2.24. The van der Waals surface area contributed by atoms with E-state index >= 15 is 0 Å². The van der Waals surface area contributed by atoms with Crippen LogP contribution in [0.1, 0.15) is 23.5 Å². The number of hydrogen-bond acceptors (Lipinski definition) is 5. The highest BCUT2D eigenvalue weighted by atomic mass is 35.5. The summed E-state index contributed by atoms with van der Waals surface area (Å²) >= 11 is 6.23. The van der Waals surface area contributed by atoms with Crippen molar-refractivity contribution in [3.63, 3.8) is 0 Å². The molecule has 0 radical (unpaired) electrons. The lowest BCUT2D eigenvalue weighted by atomic mass is 9.90. The number of rotatable bonds is 3. The molecule has 6 nitrogen and oxygen atoms in total. The fourth-order valence-corrected chi connectivity index (χ4v) is 3.39. The molecule has 2 aromatic heterocycles. The molecule has 0 bridgehead atoms. The van der Waals surface area contributed by atoms with Crippen LogP contribution in [0, 0.1) is 0 Å². The van der Waals surface area contributed by atoms with Crippen LogP contribution >= 0.6 is 11.6 Å². The Bertz CT molecular complexity index is 725. The van der Waals surface area contributed by atoms with Gasteiger partial charge in [-0.05, 0) is 0 Å². The quantitative estimate of drug-likeness (QED) is 0.805. The lowest BCUT2D eigenvalue weighted by Crippen LogP contribution is -2.37. The second kappa shape index (κ2) is 5.78. The zero-order valence-corrected chi connectivity index (χ0v) is 13.7. The Balaban J connectivity index is 1.68. The van der Waals surface area contributed by atoms with Gasteiger partial charge in [0.1, 0.15) is 28.9 Å². The van der Waals surface area contributed by atoms with Crippen molar-refractivity contribution in [2.24, 2.45) is 7.05 Å². The Hall–Kier alpha value is -1.63. The molecule has 0 saturated carbocycles. The summed E-state index contributed by atoms with van der Waals surface area (Å²) in [5, 5.41) is 0.412. The number of pyridine rings is 1. The SMILES string of the molecule is Cn1ccnc1COc1cc(Cl)nc2c1CCOC21CCOC1. The molecule has 1 unspecified atom stereocenters. The van der Waals surface area contributed by atoms with Crippen LogP contribution in [0.3, 0.4) is 0 Å². The third-order valence-corrected chi connectivity index (χ3v) is 4.67. The van der Waals surface area contributed by atoms with Gasteiger partial charge in [-0.25, -0.2) is 9.97 Å². The molecule has 7 heteroatoms. The van der Waals surface area contributed by atoms with Gasteiger partial charge in [-0.1, -0.05) is 11.6 Å². The standard InChI is InChI=1S/C16H18ClN3O3/c1-20-5-4-18-14(20)9-22-12-8-13(17)19-15-11(12)2-6-23-16(15)3-7-21-10-16/h4-5,8H,2-3,6-7,9-10H2,1H3. The molecule has 122 valence electrons. The van der Waals surface area contributed by atoms with Crippen molar-refractivity contribution in [3.8, 4) is 5.75 Å². The fraction of sp³-hybridized carbons (Fsp3) is 0.500. The van der Waals surface area contributed by atoms with E-state index in [1.165, 1.54) is 0 Å². The van der Waals surface area contributed by atoms with Crippen LogP contribution in [0.25, 0.3) is 0 Å². The van der Waals surface area contributed by atoms with Crippen LogP contribution in [-0.2, 0) is 35.2 Å². The van der Waals surface area contributed by atoms with Gasteiger partial charge < -0.3 is 18.8 Å². The Labute approximate surface area is 139 Å². The van der Waals surface area contributed by atoms with Gasteiger partial charge >= 0.3 is 0 Å². The number of ether oxygens (including phenoxy) is 3. The van der Waals surface area contributed by atoms with E-state index in [0.29, 0.717) is 31.6 Å². The van der Waals surface area contributed by atoms with Crippen molar-refractivity contribution in [2.45, 2.75) is 25.0 Å². The minimum absolute atomic E-state index is 0.390. The molecule has 2 aliphatic heterocycles. The van der Waals surface area contributed by atoms with E-state index in [2.05, 4.69) is 9.97 Å². The molecule has 4 rings (SSSR count). The average Bonchev–Trinajstić information content (AvgIpc) is 3.16. The van der Waals surface area contributed by atoms with Gasteiger partial charge in [0.25, 0.3) is 0 Å². The lowest BCUT2D eigenvalue weighted by Gasteiger charge is -2.34. The van der Waals surface area contributed by atoms with Gasteiger partial charge in [-0.2, -0.15) is 0 Å². The summed E-state index contributed by atoms with van der Waals surface area (Å²) < 4.78 is 19.5. The highest BCUT2D eigenvalue weighted by Gasteiger charge is 2.44. The maximum absolute atomic E-state index is 6.23. The number of fused-ring (bicyclic) bond motifs is 2. The first kappa shape index (κ1) is 14.9. The van der Waals surface area contributed by atoms with E-state index in [0.717, 1.165) is 35.7 Å². The monoisotopic (exact) mass is 335 g/mol. The number of imidazole rings is 1. The van der Waals surface area contributed by atoms with Gasteiger partial charge in [0, 0.05) is 50.5 Å². The van der Waals surface area contributed by atoms with Crippen molar-refractivity contribution >= 4 is 11.6 Å². The second-order valence-corrected chi connectivity index (χ2v) is 6.30. The van der Waals surface area contributed by atoms with Crippen LogP contribution in [0.15, 0.2) is 18.5 Å². The molecule has 2 aliphatic rings. The number of halogens is 1. The van der Waals surface area contributed by atoms with E-state index in [1.54, 1.807) is 12.3 Å². The van der Waals surface area contributed by atoms with Gasteiger partial charge in [0.15, 0.2) is 0 Å². The first-order valence-corrected chi connectivity index (χ1v) is 8.06. The van der Waals surface area contributed by atoms with E-state index < -0.39 is 5.60 Å². The van der Waals surface area contributed by atoms with Gasteiger partial charge in [0.05, 0.1) is 18.9 Å². The fourth-order valence-electron chi connectivity index (χ4n) is 3.21. The predicted molar refractivity (Wildman–Crippen MR) is 83.6 cm³/mol. The molecular formula is C16H18ClN3O3. The molecule has 1 fully saturated rings. The van der Waals surface area contributed by atoms with E-state index in [-0.39, 0.29) is 0 Å². The molecular weight excluding hydrogens is 318 g/mol. The van der Waals surface area contributed by atoms with Crippen molar-refractivity contribution in [1.29, 1.82) is 0 Å². The van der Waals surface area contributed by atoms with Crippen molar-refractivity contribution in [3.05, 3.63) is 40.7 Å². The molecule has 1 atom stereocenters. The summed E-state index contributed by atoms with van der Waals surface area (Å²) in [7, 11) is 1.94. The summed E-state index contributed by atoms with van der Waals surface area (Å²) in [4.78, 5) is 8.81. The van der Waals surface area contributed by atoms with Crippen LogP contribution in [0.5, 0.6) is 5.75 Å². The van der Waals surface area contributed by atoms with Gasteiger partial charge in [-0.3, -0.25) is 0 Å². The van der Waals surface area contributed by atoms with E-state index in [1.807, 2.05) is 17.8 Å². The summed E-state index contributed by atoms with van der Waals surface area (Å²) in [5.74, 6) is 1.62. The zero-order chi connectivity index (χ0) is 15.9. The first-order chi connectivity index (χ1) is 11.2. The normalized spacial score (nSPS) is 23.2. The van der Waals surface area contributed by atoms with E-state index in [4.69, 9.17) is 25.8 Å². The van der Waals surface area contributed by atoms with Crippen LogP contribution in [-0.4, -0.2) is 34.4 Å². The number of nitrogens with zero attached hydrogens (tertiary/aromatic N) is 3. The van der Waals surface area contributed by atoms with Crippen LogP contribution in [0.2, 0.25) is 5.15 Å². The highest BCUT2D eigenvalue weighted by Crippen LogP contribution is 2.42. The van der Waals surface area contributed by atoms with Crippen LogP contribution < -0.4 is 4.74 Å².